The lowest BCUT2D eigenvalue weighted by Crippen LogP contribution is -2.18. The molecule has 1 aliphatic rings. The van der Waals surface area contributed by atoms with Crippen molar-refractivity contribution in [2.24, 2.45) is 7.05 Å². The fourth-order valence-electron chi connectivity index (χ4n) is 3.23. The van der Waals surface area contributed by atoms with Gasteiger partial charge in [0.15, 0.2) is 5.69 Å². The zero-order chi connectivity index (χ0) is 19.0. The normalized spacial score (nSPS) is 16.0. The number of amides is 1. The maximum absolute atomic E-state index is 14.5. The molecule has 0 aliphatic carbocycles. The molecule has 0 saturated carbocycles. The van der Waals surface area contributed by atoms with E-state index in [9.17, 15) is 9.18 Å². The number of ether oxygens (including phenoxy) is 1. The standard InChI is InChI=1S/C17H18FN7O2/c1-24-9-14(21-23-24)16(26)20-17-19-15-12(4-3-7-25(15)22-17)11-6-5-10(27-2)8-13(11)18/h5-6,8-9,12H,3-4,7H2,1-2H3,(H,20,22,26). The van der Waals surface area contributed by atoms with Gasteiger partial charge in [-0.1, -0.05) is 11.3 Å². The molecule has 2 aromatic heterocycles. The molecule has 1 aromatic carbocycles. The van der Waals surface area contributed by atoms with Crippen molar-refractivity contribution in [1.29, 1.82) is 0 Å². The Labute approximate surface area is 154 Å². The Morgan fingerprint density at radius 2 is 2.26 bits per heavy atom. The number of methoxy groups -OCH3 is 1. The maximum atomic E-state index is 14.5. The number of aromatic nitrogens is 6. The molecule has 0 radical (unpaired) electrons. The third-order valence-electron chi connectivity index (χ3n) is 4.52. The highest BCUT2D eigenvalue weighted by molar-refractivity contribution is 6.01. The highest BCUT2D eigenvalue weighted by Crippen LogP contribution is 2.35. The summed E-state index contributed by atoms with van der Waals surface area (Å²) in [6, 6.07) is 4.80. The minimum atomic E-state index is -0.446. The molecule has 140 valence electrons. The number of halogens is 1. The number of carbonyl (C=O) groups excluding carboxylic acids is 1. The van der Waals surface area contributed by atoms with Crippen LogP contribution in [0.1, 0.15) is 40.6 Å². The predicted octanol–water partition coefficient (Wildman–Crippen LogP) is 1.73. The molecule has 1 atom stereocenters. The molecular weight excluding hydrogens is 353 g/mol. The number of hydrogen-bond acceptors (Lipinski definition) is 6. The van der Waals surface area contributed by atoms with Crippen LogP contribution in [0.3, 0.4) is 0 Å². The van der Waals surface area contributed by atoms with E-state index < -0.39 is 5.91 Å². The molecule has 0 bridgehead atoms. The van der Waals surface area contributed by atoms with Crippen LogP contribution in [-0.4, -0.2) is 42.8 Å². The number of aryl methyl sites for hydroxylation is 2. The van der Waals surface area contributed by atoms with Crippen LogP contribution in [0.25, 0.3) is 0 Å². The van der Waals surface area contributed by atoms with E-state index in [1.807, 2.05) is 0 Å². The second-order valence-electron chi connectivity index (χ2n) is 6.33. The number of benzene rings is 1. The monoisotopic (exact) mass is 371 g/mol. The smallest absolute Gasteiger partial charge is 0.280 e. The first kappa shape index (κ1) is 17.1. The summed E-state index contributed by atoms with van der Waals surface area (Å²) >= 11 is 0. The van der Waals surface area contributed by atoms with Crippen LogP contribution < -0.4 is 10.1 Å². The second kappa shape index (κ2) is 6.78. The number of fused-ring (bicyclic) bond motifs is 1. The summed E-state index contributed by atoms with van der Waals surface area (Å²) < 4.78 is 22.7. The van der Waals surface area contributed by atoms with Crippen molar-refractivity contribution in [2.45, 2.75) is 25.3 Å². The van der Waals surface area contributed by atoms with Gasteiger partial charge in [0, 0.05) is 25.6 Å². The van der Waals surface area contributed by atoms with E-state index in [0.29, 0.717) is 23.7 Å². The minimum Gasteiger partial charge on any atom is -0.497 e. The maximum Gasteiger partial charge on any atom is 0.280 e. The van der Waals surface area contributed by atoms with Gasteiger partial charge in [-0.05, 0) is 24.5 Å². The number of rotatable bonds is 4. The molecule has 1 unspecified atom stereocenters. The molecular formula is C17H18FN7O2. The van der Waals surface area contributed by atoms with Gasteiger partial charge in [0.1, 0.15) is 17.4 Å². The molecule has 1 N–H and O–H groups in total. The molecule has 3 heterocycles. The van der Waals surface area contributed by atoms with Crippen molar-refractivity contribution in [2.75, 3.05) is 12.4 Å². The average molecular weight is 371 g/mol. The number of nitrogens with one attached hydrogen (secondary N) is 1. The quantitative estimate of drug-likeness (QED) is 0.750. The zero-order valence-electron chi connectivity index (χ0n) is 14.9. The van der Waals surface area contributed by atoms with Crippen LogP contribution in [0.15, 0.2) is 24.4 Å². The van der Waals surface area contributed by atoms with Crippen LogP contribution in [0.4, 0.5) is 10.3 Å². The van der Waals surface area contributed by atoms with Crippen LogP contribution in [-0.2, 0) is 13.6 Å². The third-order valence-corrected chi connectivity index (χ3v) is 4.52. The highest BCUT2D eigenvalue weighted by Gasteiger charge is 2.28. The van der Waals surface area contributed by atoms with Crippen molar-refractivity contribution in [3.8, 4) is 5.75 Å². The van der Waals surface area contributed by atoms with Gasteiger partial charge in [-0.3, -0.25) is 14.8 Å². The number of hydrogen-bond donors (Lipinski definition) is 1. The van der Waals surface area contributed by atoms with Gasteiger partial charge < -0.3 is 4.74 Å². The van der Waals surface area contributed by atoms with Gasteiger partial charge in [-0.2, -0.15) is 4.98 Å². The molecule has 27 heavy (non-hydrogen) atoms. The molecule has 3 aromatic rings. The fraction of sp³-hybridized carbons (Fsp3) is 0.353. The summed E-state index contributed by atoms with van der Waals surface area (Å²) in [5.41, 5.74) is 0.707. The highest BCUT2D eigenvalue weighted by atomic mass is 19.1. The van der Waals surface area contributed by atoms with Crippen LogP contribution in [0, 0.1) is 5.82 Å². The topological polar surface area (TPSA) is 99.8 Å². The van der Waals surface area contributed by atoms with Crippen LogP contribution in [0.2, 0.25) is 0 Å². The Bertz CT molecular complexity index is 997. The van der Waals surface area contributed by atoms with Crippen molar-refractivity contribution < 1.29 is 13.9 Å². The van der Waals surface area contributed by atoms with Gasteiger partial charge in [-0.25, -0.2) is 9.07 Å². The van der Waals surface area contributed by atoms with Crippen molar-refractivity contribution in [3.05, 3.63) is 47.3 Å². The Morgan fingerprint density at radius 1 is 1.41 bits per heavy atom. The van der Waals surface area contributed by atoms with E-state index in [1.54, 1.807) is 23.9 Å². The molecule has 0 spiro atoms. The Kier molecular flexibility index (Phi) is 4.30. The molecule has 0 saturated heterocycles. The van der Waals surface area contributed by atoms with Gasteiger partial charge in [0.25, 0.3) is 5.91 Å². The summed E-state index contributed by atoms with van der Waals surface area (Å²) in [6.45, 7) is 0.664. The van der Waals surface area contributed by atoms with Gasteiger partial charge >= 0.3 is 0 Å². The summed E-state index contributed by atoms with van der Waals surface area (Å²) in [5.74, 6) is 0.227. The molecule has 4 rings (SSSR count). The Hall–Kier alpha value is -3.30. The van der Waals surface area contributed by atoms with E-state index in [2.05, 4.69) is 25.7 Å². The summed E-state index contributed by atoms with van der Waals surface area (Å²) in [7, 11) is 3.17. The number of nitrogens with zero attached hydrogens (tertiary/aromatic N) is 6. The summed E-state index contributed by atoms with van der Waals surface area (Å²) in [5, 5.41) is 14.4. The van der Waals surface area contributed by atoms with E-state index in [-0.39, 0.29) is 23.4 Å². The summed E-state index contributed by atoms with van der Waals surface area (Å²) in [6.07, 6.45) is 3.09. The molecule has 1 aliphatic heterocycles. The van der Waals surface area contributed by atoms with E-state index in [4.69, 9.17) is 4.74 Å². The lowest BCUT2D eigenvalue weighted by atomic mass is 9.91. The average Bonchev–Trinajstić information content (AvgIpc) is 3.27. The largest absolute Gasteiger partial charge is 0.497 e. The van der Waals surface area contributed by atoms with Gasteiger partial charge in [0.2, 0.25) is 5.95 Å². The first-order valence-corrected chi connectivity index (χ1v) is 8.51. The zero-order valence-corrected chi connectivity index (χ0v) is 14.9. The first-order valence-electron chi connectivity index (χ1n) is 8.51. The van der Waals surface area contributed by atoms with Crippen molar-refractivity contribution in [1.82, 2.24) is 29.8 Å². The van der Waals surface area contributed by atoms with Gasteiger partial charge in [0.05, 0.1) is 13.3 Å². The Balaban J connectivity index is 1.61. The van der Waals surface area contributed by atoms with Crippen LogP contribution in [0.5, 0.6) is 5.75 Å². The minimum absolute atomic E-state index is 0.168. The van der Waals surface area contributed by atoms with Gasteiger partial charge in [-0.15, -0.1) is 10.2 Å². The van der Waals surface area contributed by atoms with E-state index in [1.165, 1.54) is 24.1 Å². The first-order chi connectivity index (χ1) is 13.0. The molecule has 9 nitrogen and oxygen atoms in total. The second-order valence-corrected chi connectivity index (χ2v) is 6.33. The molecule has 10 heteroatoms. The van der Waals surface area contributed by atoms with Crippen molar-refractivity contribution >= 4 is 11.9 Å². The number of anilines is 1. The van der Waals surface area contributed by atoms with Crippen molar-refractivity contribution in [3.63, 3.8) is 0 Å². The van der Waals surface area contributed by atoms with E-state index >= 15 is 0 Å². The molecule has 0 fully saturated rings. The van der Waals surface area contributed by atoms with E-state index in [0.717, 1.165) is 12.8 Å². The summed E-state index contributed by atoms with van der Waals surface area (Å²) in [4.78, 5) is 16.7. The number of carbonyl (C=O) groups is 1. The predicted molar refractivity (Wildman–Crippen MR) is 93.0 cm³/mol. The third kappa shape index (κ3) is 3.25. The Morgan fingerprint density at radius 3 is 2.96 bits per heavy atom. The SMILES string of the molecule is COc1ccc(C2CCCn3nc(NC(=O)c4cn(C)nn4)nc32)c(F)c1. The lowest BCUT2D eigenvalue weighted by molar-refractivity contribution is 0.102. The lowest BCUT2D eigenvalue weighted by Gasteiger charge is -2.22. The molecule has 1 amide bonds. The van der Waals surface area contributed by atoms with Crippen LogP contribution >= 0.6 is 0 Å². The fourth-order valence-corrected chi connectivity index (χ4v) is 3.23.